The lowest BCUT2D eigenvalue weighted by Gasteiger charge is -2.07. The number of carbonyl (C=O) groups excluding carboxylic acids is 1. The number of nitrogens with two attached hydrogens (primary N) is 1. The van der Waals surface area contributed by atoms with Gasteiger partial charge < -0.3 is 5.32 Å². The number of rotatable bonds is 3. The second-order valence-electron chi connectivity index (χ2n) is 4.50. The highest BCUT2D eigenvalue weighted by Gasteiger charge is 2.39. The highest BCUT2D eigenvalue weighted by Crippen LogP contribution is 2.38. The molecule has 0 spiro atoms. The molecule has 0 aromatic heterocycles. The molecule has 2 unspecified atom stereocenters. The van der Waals surface area contributed by atoms with Gasteiger partial charge in [-0.3, -0.25) is 4.79 Å². The highest BCUT2D eigenvalue weighted by molar-refractivity contribution is 7.89. The van der Waals surface area contributed by atoms with Crippen molar-refractivity contribution < 1.29 is 13.2 Å². The van der Waals surface area contributed by atoms with Crippen LogP contribution in [0.25, 0.3) is 0 Å². The third-order valence-electron chi connectivity index (χ3n) is 2.95. The summed E-state index contributed by atoms with van der Waals surface area (Å²) in [5, 5.41) is 7.68. The Kier molecular flexibility index (Phi) is 3.35. The molecule has 2 atom stereocenters. The summed E-state index contributed by atoms with van der Waals surface area (Å²) in [5.41, 5.74) is 0.469. The Bertz CT molecular complexity index is 600. The summed E-state index contributed by atoms with van der Waals surface area (Å²) in [7, 11) is -3.84. The van der Waals surface area contributed by atoms with E-state index in [1.165, 1.54) is 18.2 Å². The molecule has 1 aromatic rings. The van der Waals surface area contributed by atoms with Gasteiger partial charge in [0.05, 0.1) is 5.02 Å². The number of benzene rings is 1. The quantitative estimate of drug-likeness (QED) is 0.885. The Hall–Kier alpha value is -1.11. The van der Waals surface area contributed by atoms with Gasteiger partial charge in [0.25, 0.3) is 0 Å². The van der Waals surface area contributed by atoms with Crippen LogP contribution in [0.15, 0.2) is 23.1 Å². The van der Waals surface area contributed by atoms with Crippen molar-refractivity contribution in [2.45, 2.75) is 18.2 Å². The van der Waals surface area contributed by atoms with Crippen LogP contribution < -0.4 is 10.5 Å². The molecule has 0 aliphatic heterocycles. The lowest BCUT2D eigenvalue weighted by molar-refractivity contribution is -0.117. The van der Waals surface area contributed by atoms with E-state index in [-0.39, 0.29) is 21.7 Å². The molecule has 2 rings (SSSR count). The average Bonchev–Trinajstić information content (AvgIpc) is 2.93. The SMILES string of the molecule is CC1CC1C(=O)Nc1ccc(S(N)(=O)=O)c(Cl)c1. The minimum atomic E-state index is -3.84. The third kappa shape index (κ3) is 2.82. The molecule has 0 bridgehead atoms. The molecule has 0 heterocycles. The number of nitrogens with one attached hydrogen (secondary N) is 1. The van der Waals surface area contributed by atoms with Crippen LogP contribution in [-0.2, 0) is 14.8 Å². The zero-order chi connectivity index (χ0) is 13.5. The van der Waals surface area contributed by atoms with E-state index in [9.17, 15) is 13.2 Å². The standard InChI is InChI=1S/C11H13ClN2O3S/c1-6-4-8(6)11(15)14-7-2-3-10(9(12)5-7)18(13,16)17/h2-3,5-6,8H,4H2,1H3,(H,14,15)(H2,13,16,17). The number of amides is 1. The average molecular weight is 289 g/mol. The Morgan fingerprint density at radius 3 is 2.56 bits per heavy atom. The lowest BCUT2D eigenvalue weighted by atomic mass is 10.3. The van der Waals surface area contributed by atoms with Crippen LogP contribution in [0.2, 0.25) is 5.02 Å². The van der Waals surface area contributed by atoms with Crippen molar-refractivity contribution in [1.29, 1.82) is 0 Å². The molecule has 98 valence electrons. The third-order valence-corrected chi connectivity index (χ3v) is 4.35. The van der Waals surface area contributed by atoms with Gasteiger partial charge in [0.1, 0.15) is 4.90 Å². The Labute approximate surface area is 110 Å². The number of sulfonamides is 1. The van der Waals surface area contributed by atoms with Gasteiger partial charge in [-0.1, -0.05) is 18.5 Å². The van der Waals surface area contributed by atoms with Gasteiger partial charge >= 0.3 is 0 Å². The first-order chi connectivity index (χ1) is 8.29. The van der Waals surface area contributed by atoms with Gasteiger partial charge in [-0.25, -0.2) is 13.6 Å². The van der Waals surface area contributed by atoms with E-state index in [1.807, 2.05) is 6.92 Å². The smallest absolute Gasteiger partial charge is 0.239 e. The van der Waals surface area contributed by atoms with Crippen molar-refractivity contribution in [2.75, 3.05) is 5.32 Å². The minimum Gasteiger partial charge on any atom is -0.326 e. The number of hydrogen-bond donors (Lipinski definition) is 2. The molecule has 1 saturated carbocycles. The van der Waals surface area contributed by atoms with Gasteiger partial charge in [-0.05, 0) is 30.5 Å². The maximum atomic E-state index is 11.7. The van der Waals surface area contributed by atoms with E-state index in [1.54, 1.807) is 0 Å². The van der Waals surface area contributed by atoms with Crippen molar-refractivity contribution in [2.24, 2.45) is 17.0 Å². The number of primary sulfonamides is 1. The van der Waals surface area contributed by atoms with Crippen LogP contribution in [-0.4, -0.2) is 14.3 Å². The van der Waals surface area contributed by atoms with Crippen LogP contribution in [0, 0.1) is 11.8 Å². The monoisotopic (exact) mass is 288 g/mol. The molecule has 1 aliphatic carbocycles. The van der Waals surface area contributed by atoms with E-state index in [0.29, 0.717) is 11.6 Å². The summed E-state index contributed by atoms with van der Waals surface area (Å²) in [5.74, 6) is 0.382. The first-order valence-corrected chi connectivity index (χ1v) is 7.34. The number of anilines is 1. The molecular formula is C11H13ClN2O3S. The molecule has 1 fully saturated rings. The normalized spacial score (nSPS) is 22.6. The Morgan fingerprint density at radius 2 is 2.11 bits per heavy atom. The van der Waals surface area contributed by atoms with Crippen LogP contribution in [0.1, 0.15) is 13.3 Å². The molecule has 5 nitrogen and oxygen atoms in total. The summed E-state index contributed by atoms with van der Waals surface area (Å²) in [4.78, 5) is 11.5. The van der Waals surface area contributed by atoms with Crippen LogP contribution in [0.3, 0.4) is 0 Å². The highest BCUT2D eigenvalue weighted by atomic mass is 35.5. The Morgan fingerprint density at radius 1 is 1.50 bits per heavy atom. The number of carbonyl (C=O) groups is 1. The van der Waals surface area contributed by atoms with Crippen LogP contribution in [0.5, 0.6) is 0 Å². The van der Waals surface area contributed by atoms with Gasteiger partial charge in [-0.15, -0.1) is 0 Å². The van der Waals surface area contributed by atoms with Gasteiger partial charge in [-0.2, -0.15) is 0 Å². The molecule has 7 heteroatoms. The molecule has 0 saturated heterocycles. The second-order valence-corrected chi connectivity index (χ2v) is 6.44. The molecule has 1 aromatic carbocycles. The molecule has 1 aliphatic rings. The predicted molar refractivity (Wildman–Crippen MR) is 68.7 cm³/mol. The maximum Gasteiger partial charge on any atom is 0.239 e. The lowest BCUT2D eigenvalue weighted by Crippen LogP contribution is -2.15. The van der Waals surface area contributed by atoms with Crippen LogP contribution >= 0.6 is 11.6 Å². The molecule has 3 N–H and O–H groups in total. The second kappa shape index (κ2) is 4.53. The number of hydrogen-bond acceptors (Lipinski definition) is 3. The fraction of sp³-hybridized carbons (Fsp3) is 0.364. The molecular weight excluding hydrogens is 276 g/mol. The summed E-state index contributed by atoms with van der Waals surface area (Å²) in [6.45, 7) is 2.00. The predicted octanol–water partition coefficient (Wildman–Crippen LogP) is 1.58. The topological polar surface area (TPSA) is 89.3 Å². The first-order valence-electron chi connectivity index (χ1n) is 5.42. The fourth-order valence-electron chi connectivity index (χ4n) is 1.73. The zero-order valence-electron chi connectivity index (χ0n) is 9.68. The fourth-order valence-corrected chi connectivity index (χ4v) is 2.82. The van der Waals surface area contributed by atoms with Crippen molar-refractivity contribution in [3.63, 3.8) is 0 Å². The van der Waals surface area contributed by atoms with Crippen molar-refractivity contribution in [3.8, 4) is 0 Å². The molecule has 1 amide bonds. The van der Waals surface area contributed by atoms with E-state index >= 15 is 0 Å². The summed E-state index contributed by atoms with van der Waals surface area (Å²) >= 11 is 5.81. The van der Waals surface area contributed by atoms with Crippen molar-refractivity contribution >= 4 is 33.2 Å². The van der Waals surface area contributed by atoms with Gasteiger partial charge in [0.2, 0.25) is 15.9 Å². The van der Waals surface area contributed by atoms with E-state index in [4.69, 9.17) is 16.7 Å². The van der Waals surface area contributed by atoms with E-state index in [2.05, 4.69) is 5.32 Å². The summed E-state index contributed by atoms with van der Waals surface area (Å²) in [6, 6.07) is 4.13. The van der Waals surface area contributed by atoms with Crippen LogP contribution in [0.4, 0.5) is 5.69 Å². The van der Waals surface area contributed by atoms with Gasteiger partial charge in [0, 0.05) is 11.6 Å². The minimum absolute atomic E-state index is 0.000791. The van der Waals surface area contributed by atoms with E-state index < -0.39 is 10.0 Å². The van der Waals surface area contributed by atoms with E-state index in [0.717, 1.165) is 6.42 Å². The molecule has 0 radical (unpaired) electrons. The number of halogens is 1. The maximum absolute atomic E-state index is 11.7. The molecule has 18 heavy (non-hydrogen) atoms. The largest absolute Gasteiger partial charge is 0.326 e. The van der Waals surface area contributed by atoms with Crippen molar-refractivity contribution in [1.82, 2.24) is 0 Å². The summed E-state index contributed by atoms with van der Waals surface area (Å²) < 4.78 is 22.3. The Balaban J connectivity index is 2.17. The first kappa shape index (κ1) is 13.3. The zero-order valence-corrected chi connectivity index (χ0v) is 11.3. The van der Waals surface area contributed by atoms with Gasteiger partial charge in [0.15, 0.2) is 0 Å². The van der Waals surface area contributed by atoms with Crippen molar-refractivity contribution in [3.05, 3.63) is 23.2 Å². The summed E-state index contributed by atoms with van der Waals surface area (Å²) in [6.07, 6.45) is 0.884.